The quantitative estimate of drug-likeness (QED) is 0.832. The van der Waals surface area contributed by atoms with Crippen LogP contribution in [-0.2, 0) is 13.0 Å². The molecule has 0 spiro atoms. The summed E-state index contributed by atoms with van der Waals surface area (Å²) in [6, 6.07) is 7.75. The van der Waals surface area contributed by atoms with Crippen LogP contribution in [0.15, 0.2) is 36.5 Å². The van der Waals surface area contributed by atoms with Gasteiger partial charge in [-0.25, -0.2) is 4.39 Å². The number of rotatable bonds is 1. The van der Waals surface area contributed by atoms with Gasteiger partial charge in [-0.3, -0.25) is 9.36 Å². The van der Waals surface area contributed by atoms with E-state index in [0.717, 1.165) is 30.8 Å². The van der Waals surface area contributed by atoms with Crippen molar-refractivity contribution in [3.05, 3.63) is 59.2 Å². The van der Waals surface area contributed by atoms with E-state index in [0.29, 0.717) is 5.56 Å². The second-order valence-corrected chi connectivity index (χ2v) is 4.40. The molecule has 4 heteroatoms. The first-order valence-electron chi connectivity index (χ1n) is 5.96. The molecule has 2 aromatic rings. The molecule has 92 valence electrons. The maximum Gasteiger partial charge on any atom is 0.262 e. The predicted octanol–water partition coefficient (Wildman–Crippen LogP) is 1.96. The van der Waals surface area contributed by atoms with Crippen molar-refractivity contribution in [2.45, 2.75) is 13.0 Å². The summed E-state index contributed by atoms with van der Waals surface area (Å²) in [6.45, 7) is 1.66. The second-order valence-electron chi connectivity index (χ2n) is 4.40. The number of aromatic nitrogens is 1. The highest BCUT2D eigenvalue weighted by Crippen LogP contribution is 2.17. The minimum Gasteiger partial charge on any atom is -0.312 e. The molecule has 0 bridgehead atoms. The Morgan fingerprint density at radius 3 is 3.06 bits per heavy atom. The van der Waals surface area contributed by atoms with Gasteiger partial charge in [0.1, 0.15) is 5.82 Å². The Kier molecular flexibility index (Phi) is 2.72. The van der Waals surface area contributed by atoms with Crippen LogP contribution in [-0.4, -0.2) is 17.0 Å². The Morgan fingerprint density at radius 1 is 1.33 bits per heavy atom. The summed E-state index contributed by atoms with van der Waals surface area (Å²) < 4.78 is 14.8. The van der Waals surface area contributed by atoms with Crippen molar-refractivity contribution in [3.63, 3.8) is 0 Å². The number of hydrogen-bond acceptors (Lipinski definition) is 2. The second kappa shape index (κ2) is 4.38. The lowest BCUT2D eigenvalue weighted by Gasteiger charge is -2.16. The van der Waals surface area contributed by atoms with Crippen LogP contribution in [0.5, 0.6) is 0 Å². The fourth-order valence-electron chi connectivity index (χ4n) is 2.33. The lowest BCUT2D eigenvalue weighted by Crippen LogP contribution is -2.26. The van der Waals surface area contributed by atoms with Gasteiger partial charge in [-0.1, -0.05) is 6.07 Å². The molecule has 0 radical (unpaired) electrons. The van der Waals surface area contributed by atoms with Crippen molar-refractivity contribution >= 4 is 5.91 Å². The first-order valence-corrected chi connectivity index (χ1v) is 5.96. The Morgan fingerprint density at radius 2 is 2.22 bits per heavy atom. The third kappa shape index (κ3) is 1.84. The molecule has 0 saturated carbocycles. The summed E-state index contributed by atoms with van der Waals surface area (Å²) >= 11 is 0. The largest absolute Gasteiger partial charge is 0.312 e. The van der Waals surface area contributed by atoms with E-state index in [9.17, 15) is 9.18 Å². The van der Waals surface area contributed by atoms with E-state index in [2.05, 4.69) is 5.32 Å². The van der Waals surface area contributed by atoms with E-state index in [-0.39, 0.29) is 11.7 Å². The molecule has 2 heterocycles. The molecule has 3 nitrogen and oxygen atoms in total. The molecule has 0 saturated heterocycles. The molecular weight excluding hydrogens is 231 g/mol. The lowest BCUT2D eigenvalue weighted by atomic mass is 10.1. The molecule has 0 amide bonds. The number of carbonyl (C=O) groups excluding carboxylic acids is 1. The predicted molar refractivity (Wildman–Crippen MR) is 66.0 cm³/mol. The molecular formula is C14H13FN2O. The van der Waals surface area contributed by atoms with Crippen molar-refractivity contribution in [2.24, 2.45) is 0 Å². The minimum atomic E-state index is -0.386. The molecule has 1 aliphatic heterocycles. The van der Waals surface area contributed by atoms with Crippen molar-refractivity contribution in [3.8, 4) is 0 Å². The van der Waals surface area contributed by atoms with Crippen LogP contribution in [0.3, 0.4) is 0 Å². The number of fused-ring (bicyclic) bond motifs is 1. The highest BCUT2D eigenvalue weighted by molar-refractivity contribution is 5.96. The average molecular weight is 244 g/mol. The fraction of sp³-hybridized carbons (Fsp3) is 0.214. The number of carbonyl (C=O) groups is 1. The van der Waals surface area contributed by atoms with E-state index >= 15 is 0 Å². The van der Waals surface area contributed by atoms with Crippen molar-refractivity contribution in [1.29, 1.82) is 0 Å². The maximum absolute atomic E-state index is 13.1. The van der Waals surface area contributed by atoms with Crippen LogP contribution < -0.4 is 5.32 Å². The SMILES string of the molecule is O=C(c1cccc(F)c1)n1ccc2c1CCNC2. The van der Waals surface area contributed by atoms with Crippen LogP contribution in [0.25, 0.3) is 0 Å². The first-order chi connectivity index (χ1) is 8.75. The zero-order valence-corrected chi connectivity index (χ0v) is 9.82. The molecule has 1 aromatic heterocycles. The van der Waals surface area contributed by atoms with Gasteiger partial charge in [-0.15, -0.1) is 0 Å². The van der Waals surface area contributed by atoms with Gasteiger partial charge in [0.2, 0.25) is 0 Å². The Labute approximate surface area is 104 Å². The molecule has 18 heavy (non-hydrogen) atoms. The van der Waals surface area contributed by atoms with Crippen molar-refractivity contribution < 1.29 is 9.18 Å². The number of nitrogens with zero attached hydrogens (tertiary/aromatic N) is 1. The number of nitrogens with one attached hydrogen (secondary N) is 1. The van der Waals surface area contributed by atoms with Gasteiger partial charge in [-0.2, -0.15) is 0 Å². The number of benzene rings is 1. The summed E-state index contributed by atoms with van der Waals surface area (Å²) in [6.07, 6.45) is 2.59. The molecule has 3 rings (SSSR count). The molecule has 0 fully saturated rings. The third-order valence-corrected chi connectivity index (χ3v) is 3.23. The van der Waals surface area contributed by atoms with Crippen LogP contribution in [0.1, 0.15) is 21.6 Å². The van der Waals surface area contributed by atoms with Gasteiger partial charge in [-0.05, 0) is 29.8 Å². The molecule has 0 aliphatic carbocycles. The maximum atomic E-state index is 13.1. The number of halogens is 1. The Balaban J connectivity index is 2.00. The smallest absolute Gasteiger partial charge is 0.262 e. The average Bonchev–Trinajstić information content (AvgIpc) is 2.82. The van der Waals surface area contributed by atoms with Crippen LogP contribution in [0, 0.1) is 5.82 Å². The summed E-state index contributed by atoms with van der Waals surface area (Å²) in [7, 11) is 0. The molecule has 1 N–H and O–H groups in total. The highest BCUT2D eigenvalue weighted by atomic mass is 19.1. The minimum absolute atomic E-state index is 0.169. The summed E-state index contributed by atoms with van der Waals surface area (Å²) in [5.41, 5.74) is 2.56. The van der Waals surface area contributed by atoms with Gasteiger partial charge in [0, 0.05) is 37.0 Å². The zero-order valence-electron chi connectivity index (χ0n) is 9.82. The zero-order chi connectivity index (χ0) is 12.5. The van der Waals surface area contributed by atoms with Crippen molar-refractivity contribution in [2.75, 3.05) is 6.54 Å². The van der Waals surface area contributed by atoms with Gasteiger partial charge >= 0.3 is 0 Å². The van der Waals surface area contributed by atoms with Gasteiger partial charge < -0.3 is 5.32 Å². The summed E-state index contributed by atoms with van der Waals surface area (Å²) in [5.74, 6) is -0.554. The molecule has 1 aromatic carbocycles. The lowest BCUT2D eigenvalue weighted by molar-refractivity contribution is 0.0956. The normalized spacial score (nSPS) is 14.3. The molecule has 1 aliphatic rings. The Hall–Kier alpha value is -1.94. The van der Waals surface area contributed by atoms with Crippen LogP contribution in [0.4, 0.5) is 4.39 Å². The summed E-state index contributed by atoms with van der Waals surface area (Å²) in [5, 5.41) is 3.26. The van der Waals surface area contributed by atoms with Crippen molar-refractivity contribution in [1.82, 2.24) is 9.88 Å². The standard InChI is InChI=1S/C14H13FN2O/c15-12-3-1-2-10(8-12)14(18)17-7-5-11-9-16-6-4-13(11)17/h1-3,5,7-8,16H,4,6,9H2. The Bertz CT molecular complexity index is 604. The van der Waals surface area contributed by atoms with E-state index in [4.69, 9.17) is 0 Å². The first kappa shape index (κ1) is 11.2. The summed E-state index contributed by atoms with van der Waals surface area (Å²) in [4.78, 5) is 12.3. The van der Waals surface area contributed by atoms with E-state index in [1.807, 2.05) is 6.07 Å². The van der Waals surface area contributed by atoms with Crippen LogP contribution in [0.2, 0.25) is 0 Å². The van der Waals surface area contributed by atoms with Crippen LogP contribution >= 0.6 is 0 Å². The third-order valence-electron chi connectivity index (χ3n) is 3.23. The monoisotopic (exact) mass is 244 g/mol. The highest BCUT2D eigenvalue weighted by Gasteiger charge is 2.18. The topological polar surface area (TPSA) is 34.0 Å². The number of hydrogen-bond donors (Lipinski definition) is 1. The molecule has 0 unspecified atom stereocenters. The van der Waals surface area contributed by atoms with E-state index < -0.39 is 0 Å². The van der Waals surface area contributed by atoms with Gasteiger partial charge in [0.25, 0.3) is 5.91 Å². The van der Waals surface area contributed by atoms with E-state index in [1.54, 1.807) is 22.9 Å². The van der Waals surface area contributed by atoms with Gasteiger partial charge in [0.15, 0.2) is 0 Å². The fourth-order valence-corrected chi connectivity index (χ4v) is 2.33. The van der Waals surface area contributed by atoms with E-state index in [1.165, 1.54) is 12.1 Å². The molecule has 0 atom stereocenters. The van der Waals surface area contributed by atoms with Gasteiger partial charge in [0.05, 0.1) is 0 Å².